The van der Waals surface area contributed by atoms with E-state index in [4.69, 9.17) is 4.74 Å². The lowest BCUT2D eigenvalue weighted by Gasteiger charge is -2.04. The molecule has 10 heavy (non-hydrogen) atoms. The summed E-state index contributed by atoms with van der Waals surface area (Å²) in [5.41, 5.74) is 0.424. The van der Waals surface area contributed by atoms with Crippen molar-refractivity contribution in [3.05, 3.63) is 12.3 Å². The summed E-state index contributed by atoms with van der Waals surface area (Å²) in [5, 5.41) is 0. The molecule has 0 aromatic heterocycles. The van der Waals surface area contributed by atoms with Crippen LogP contribution in [0, 0.1) is 0 Å². The molecule has 3 nitrogen and oxygen atoms in total. The first kappa shape index (κ1) is 6.99. The van der Waals surface area contributed by atoms with Gasteiger partial charge < -0.3 is 4.74 Å². The largest absolute Gasteiger partial charge is 0.461 e. The number of esters is 1. The minimum absolute atomic E-state index is 0.315. The van der Waals surface area contributed by atoms with Crippen LogP contribution in [0.2, 0.25) is 0 Å². The lowest BCUT2D eigenvalue weighted by molar-refractivity contribution is -0.135. The first-order chi connectivity index (χ1) is 4.84. The van der Waals surface area contributed by atoms with Gasteiger partial charge >= 0.3 is 5.97 Å². The van der Waals surface area contributed by atoms with Gasteiger partial charge in [-0.3, -0.25) is 0 Å². The highest BCUT2D eigenvalue weighted by atomic mass is 16.5. The Hall–Kier alpha value is -1.12. The molecule has 1 aliphatic heterocycles. The lowest BCUT2D eigenvalue weighted by atomic mass is 10.3. The molecular formula is C7H9NO2. The number of carbonyl (C=O) groups is 1. The molecule has 0 aromatic carbocycles. The van der Waals surface area contributed by atoms with Gasteiger partial charge in [0.2, 0.25) is 0 Å². The maximum absolute atomic E-state index is 10.8. The molecule has 0 N–H and O–H groups in total. The van der Waals surface area contributed by atoms with E-state index in [1.165, 1.54) is 0 Å². The van der Waals surface area contributed by atoms with Gasteiger partial charge in [0.1, 0.15) is 5.71 Å². The fourth-order valence-corrected chi connectivity index (χ4v) is 0.539. The van der Waals surface area contributed by atoms with Crippen LogP contribution in [-0.4, -0.2) is 18.3 Å². The first-order valence-electron chi connectivity index (χ1n) is 3.26. The van der Waals surface area contributed by atoms with E-state index in [-0.39, 0.29) is 5.97 Å². The summed E-state index contributed by atoms with van der Waals surface area (Å²) in [6, 6.07) is 0. The zero-order valence-electron chi connectivity index (χ0n) is 5.83. The van der Waals surface area contributed by atoms with E-state index in [0.717, 1.165) is 6.42 Å². The topological polar surface area (TPSA) is 38.7 Å². The second-order valence-electron chi connectivity index (χ2n) is 1.97. The molecule has 0 atom stereocenters. The van der Waals surface area contributed by atoms with Gasteiger partial charge in [-0.1, -0.05) is 6.92 Å². The number of nitrogens with zero attached hydrogens (tertiary/aromatic N) is 1. The van der Waals surface area contributed by atoms with Crippen LogP contribution in [0.15, 0.2) is 17.3 Å². The molecule has 0 bridgehead atoms. The number of hydrogen-bond acceptors (Lipinski definition) is 3. The maximum Gasteiger partial charge on any atom is 0.356 e. The Labute approximate surface area is 59.4 Å². The van der Waals surface area contributed by atoms with Crippen LogP contribution < -0.4 is 0 Å². The molecule has 0 amide bonds. The van der Waals surface area contributed by atoms with Crippen molar-refractivity contribution in [2.24, 2.45) is 4.99 Å². The van der Waals surface area contributed by atoms with Crippen molar-refractivity contribution in [2.75, 3.05) is 6.61 Å². The van der Waals surface area contributed by atoms with Crippen molar-refractivity contribution < 1.29 is 9.53 Å². The van der Waals surface area contributed by atoms with Gasteiger partial charge in [-0.25, -0.2) is 9.79 Å². The molecule has 0 saturated carbocycles. The second-order valence-corrected chi connectivity index (χ2v) is 1.97. The number of aliphatic imine (C=N–C) groups is 1. The van der Waals surface area contributed by atoms with E-state index in [9.17, 15) is 4.79 Å². The van der Waals surface area contributed by atoms with Crippen molar-refractivity contribution in [1.29, 1.82) is 0 Å². The highest BCUT2D eigenvalue weighted by Crippen LogP contribution is 1.98. The fourth-order valence-electron chi connectivity index (χ4n) is 0.539. The average molecular weight is 139 g/mol. The summed E-state index contributed by atoms with van der Waals surface area (Å²) < 4.78 is 4.77. The third-order valence-electron chi connectivity index (χ3n) is 1.09. The van der Waals surface area contributed by atoms with Crippen LogP contribution in [0.5, 0.6) is 0 Å². The summed E-state index contributed by atoms with van der Waals surface area (Å²) in [4.78, 5) is 14.5. The molecule has 0 fully saturated rings. The van der Waals surface area contributed by atoms with Crippen LogP contribution >= 0.6 is 0 Å². The third kappa shape index (κ3) is 1.43. The summed E-state index contributed by atoms with van der Waals surface area (Å²) in [7, 11) is 0. The zero-order chi connectivity index (χ0) is 7.40. The zero-order valence-corrected chi connectivity index (χ0v) is 5.83. The summed E-state index contributed by atoms with van der Waals surface area (Å²) >= 11 is 0. The molecule has 0 unspecified atom stereocenters. The fraction of sp³-hybridized carbons (Fsp3) is 0.429. The Kier molecular flexibility index (Phi) is 2.20. The van der Waals surface area contributed by atoms with Gasteiger partial charge in [-0.15, -0.1) is 0 Å². The average Bonchev–Trinajstić information content (AvgIpc) is 1.79. The van der Waals surface area contributed by atoms with Crippen molar-refractivity contribution in [2.45, 2.75) is 13.3 Å². The molecule has 0 saturated heterocycles. The first-order valence-corrected chi connectivity index (χ1v) is 3.26. The van der Waals surface area contributed by atoms with Crippen molar-refractivity contribution in [3.8, 4) is 0 Å². The SMILES string of the molecule is CCCOC(=O)C1=NC=C1. The molecule has 54 valence electrons. The Balaban J connectivity index is 2.22. The van der Waals surface area contributed by atoms with Crippen LogP contribution in [0.25, 0.3) is 0 Å². The van der Waals surface area contributed by atoms with E-state index >= 15 is 0 Å². The summed E-state index contributed by atoms with van der Waals surface area (Å²) in [6.45, 7) is 2.43. The van der Waals surface area contributed by atoms with Gasteiger partial charge in [-0.2, -0.15) is 0 Å². The molecule has 0 aromatic rings. The summed E-state index contributed by atoms with van der Waals surface area (Å²) in [5.74, 6) is -0.315. The molecule has 3 heteroatoms. The number of carbonyl (C=O) groups excluding carboxylic acids is 1. The van der Waals surface area contributed by atoms with Crippen molar-refractivity contribution in [3.63, 3.8) is 0 Å². The van der Waals surface area contributed by atoms with E-state index in [0.29, 0.717) is 12.3 Å². The quantitative estimate of drug-likeness (QED) is 0.545. The minimum Gasteiger partial charge on any atom is -0.461 e. The number of rotatable bonds is 3. The minimum atomic E-state index is -0.315. The predicted molar refractivity (Wildman–Crippen MR) is 37.8 cm³/mol. The normalized spacial score (nSPS) is 13.9. The molecular weight excluding hydrogens is 130 g/mol. The molecule has 0 spiro atoms. The highest BCUT2D eigenvalue weighted by molar-refractivity contribution is 6.43. The lowest BCUT2D eigenvalue weighted by Crippen LogP contribution is -2.18. The second kappa shape index (κ2) is 3.15. The molecule has 1 heterocycles. The van der Waals surface area contributed by atoms with Crippen LogP contribution in [-0.2, 0) is 9.53 Å². The van der Waals surface area contributed by atoms with Crippen molar-refractivity contribution >= 4 is 11.7 Å². The molecule has 0 radical (unpaired) electrons. The van der Waals surface area contributed by atoms with Gasteiger partial charge in [-0.05, 0) is 12.5 Å². The van der Waals surface area contributed by atoms with Gasteiger partial charge in [0.05, 0.1) is 6.61 Å². The molecule has 0 aliphatic carbocycles. The molecule has 1 rings (SSSR count). The van der Waals surface area contributed by atoms with E-state index in [1.807, 2.05) is 6.92 Å². The van der Waals surface area contributed by atoms with Crippen LogP contribution in [0.4, 0.5) is 0 Å². The maximum atomic E-state index is 10.8. The summed E-state index contributed by atoms with van der Waals surface area (Å²) in [6.07, 6.45) is 4.06. The Morgan fingerprint density at radius 3 is 2.90 bits per heavy atom. The van der Waals surface area contributed by atoms with Crippen LogP contribution in [0.1, 0.15) is 13.3 Å². The predicted octanol–water partition coefficient (Wildman–Crippen LogP) is 0.908. The Bertz CT molecular complexity index is 194. The number of hydrogen-bond donors (Lipinski definition) is 0. The van der Waals surface area contributed by atoms with Gasteiger partial charge in [0.25, 0.3) is 0 Å². The highest BCUT2D eigenvalue weighted by Gasteiger charge is 2.11. The number of ether oxygens (including phenoxy) is 1. The van der Waals surface area contributed by atoms with E-state index in [1.54, 1.807) is 12.3 Å². The Morgan fingerprint density at radius 2 is 2.50 bits per heavy atom. The van der Waals surface area contributed by atoms with E-state index < -0.39 is 0 Å². The third-order valence-corrected chi connectivity index (χ3v) is 1.09. The van der Waals surface area contributed by atoms with Gasteiger partial charge in [0.15, 0.2) is 0 Å². The van der Waals surface area contributed by atoms with Crippen LogP contribution in [0.3, 0.4) is 0 Å². The van der Waals surface area contributed by atoms with E-state index in [2.05, 4.69) is 4.99 Å². The monoisotopic (exact) mass is 139 g/mol. The van der Waals surface area contributed by atoms with Crippen molar-refractivity contribution in [1.82, 2.24) is 0 Å². The molecule has 1 aliphatic rings. The standard InChI is InChI=1S/C7H9NO2/c1-2-5-10-7(9)6-3-4-8-6/h3-4H,2,5H2,1H3. The Morgan fingerprint density at radius 1 is 1.80 bits per heavy atom. The van der Waals surface area contributed by atoms with Gasteiger partial charge in [0, 0.05) is 6.20 Å². The smallest absolute Gasteiger partial charge is 0.356 e.